The maximum Gasteiger partial charge on any atom is 0.270 e. The van der Waals surface area contributed by atoms with Crippen molar-refractivity contribution in [1.82, 2.24) is 0 Å². The van der Waals surface area contributed by atoms with E-state index in [9.17, 15) is 17.2 Å². The Labute approximate surface area is 49.8 Å². The molecule has 0 saturated carbocycles. The molecule has 0 rings (SSSR count). The summed E-state index contributed by atoms with van der Waals surface area (Å²) in [6, 6.07) is 0. The van der Waals surface area contributed by atoms with Gasteiger partial charge in [0, 0.05) is 0 Å². The Bertz CT molecular complexity index is 150. The first-order valence-electron chi connectivity index (χ1n) is 1.65. The maximum absolute atomic E-state index is 11.0. The van der Waals surface area contributed by atoms with E-state index in [2.05, 4.69) is 0 Å². The average Bonchev–Trinajstić information content (AvgIpc) is 1.21. The molecule has 3 nitrogen and oxygen atoms in total. The van der Waals surface area contributed by atoms with E-state index in [1.807, 2.05) is 0 Å². The van der Waals surface area contributed by atoms with Gasteiger partial charge in [0.2, 0.25) is 0 Å². The van der Waals surface area contributed by atoms with Crippen molar-refractivity contribution in [3.63, 3.8) is 0 Å². The van der Waals surface area contributed by atoms with E-state index < -0.39 is 22.3 Å². The molecule has 58 valence electrons. The van der Waals surface area contributed by atoms with Gasteiger partial charge in [-0.25, -0.2) is 8.78 Å². The van der Waals surface area contributed by atoms with Gasteiger partial charge in [0.15, 0.2) is 0 Å². The number of rotatable bonds is 2. The van der Waals surface area contributed by atoms with Crippen LogP contribution in [0.5, 0.6) is 0 Å². The molecule has 0 aliphatic carbocycles. The Balaban J connectivity index is 0. The van der Waals surface area contributed by atoms with Gasteiger partial charge in [-0.1, -0.05) is 0 Å². The lowest BCUT2D eigenvalue weighted by Gasteiger charge is -1.91. The van der Waals surface area contributed by atoms with Crippen molar-refractivity contribution < 1.29 is 26.5 Å². The largest absolute Gasteiger partial charge is 0.285 e. The highest BCUT2D eigenvalue weighted by Crippen LogP contribution is 1.95. The highest BCUT2D eigenvalue weighted by Gasteiger charge is 2.12. The fourth-order valence-corrected chi connectivity index (χ4v) is 0.478. The predicted molar refractivity (Wildman–Crippen MR) is 24.9 cm³/mol. The van der Waals surface area contributed by atoms with Gasteiger partial charge >= 0.3 is 0 Å². The molecule has 0 aliphatic rings. The fourth-order valence-electron chi connectivity index (χ4n) is 0.159. The van der Waals surface area contributed by atoms with Gasteiger partial charge in [0.25, 0.3) is 16.5 Å². The van der Waals surface area contributed by atoms with Crippen LogP contribution in [0.15, 0.2) is 0 Å². The SMILES string of the molecule is F.O=S(=O)(O)CC(F)F. The molecule has 0 radical (unpaired) electrons. The first kappa shape index (κ1) is 11.5. The molecule has 7 heteroatoms. The summed E-state index contributed by atoms with van der Waals surface area (Å²) in [4.78, 5) is 0. The monoisotopic (exact) mass is 166 g/mol. The molecule has 0 unspecified atom stereocenters. The summed E-state index contributed by atoms with van der Waals surface area (Å²) in [7, 11) is -4.47. The standard InChI is InChI=1S/C2H4F2O3S.FH/c3-2(4)1-8(5,6)7;/h2H,1H2,(H,5,6,7);1H. The maximum atomic E-state index is 11.0. The molecule has 0 heterocycles. The Morgan fingerprint density at radius 2 is 1.78 bits per heavy atom. The van der Waals surface area contributed by atoms with Crippen LogP contribution in [0.3, 0.4) is 0 Å². The first-order chi connectivity index (χ1) is 3.42. The highest BCUT2D eigenvalue weighted by atomic mass is 32.2. The molecule has 9 heavy (non-hydrogen) atoms. The highest BCUT2D eigenvalue weighted by molar-refractivity contribution is 7.85. The minimum atomic E-state index is -4.47. The van der Waals surface area contributed by atoms with Crippen molar-refractivity contribution in [2.24, 2.45) is 0 Å². The van der Waals surface area contributed by atoms with E-state index in [4.69, 9.17) is 4.55 Å². The lowest BCUT2D eigenvalue weighted by atomic mass is 10.9. The second-order valence-corrected chi connectivity index (χ2v) is 2.64. The molecule has 0 fully saturated rings. The average molecular weight is 166 g/mol. The van der Waals surface area contributed by atoms with Gasteiger partial charge < -0.3 is 0 Å². The summed E-state index contributed by atoms with van der Waals surface area (Å²) < 4.78 is 48.7. The van der Waals surface area contributed by atoms with Crippen LogP contribution in [-0.4, -0.2) is 25.1 Å². The molecule has 0 aliphatic heterocycles. The van der Waals surface area contributed by atoms with E-state index in [-0.39, 0.29) is 4.70 Å². The fraction of sp³-hybridized carbons (Fsp3) is 1.00. The van der Waals surface area contributed by atoms with Crippen molar-refractivity contribution in [3.05, 3.63) is 0 Å². The third-order valence-electron chi connectivity index (χ3n) is 0.337. The van der Waals surface area contributed by atoms with Crippen LogP contribution in [0.4, 0.5) is 13.5 Å². The zero-order valence-corrected chi connectivity index (χ0v) is 4.94. The zero-order chi connectivity index (χ0) is 6.78. The van der Waals surface area contributed by atoms with Crippen LogP contribution < -0.4 is 0 Å². The third kappa shape index (κ3) is 11.3. The van der Waals surface area contributed by atoms with Gasteiger partial charge in [0.1, 0.15) is 5.75 Å². The molecule has 0 spiro atoms. The Morgan fingerprint density at radius 3 is 1.78 bits per heavy atom. The minimum absolute atomic E-state index is 0. The Hall–Kier alpha value is -0.300. The molecule has 0 amide bonds. The Kier molecular flexibility index (Phi) is 4.69. The van der Waals surface area contributed by atoms with Gasteiger partial charge in [-0.05, 0) is 0 Å². The van der Waals surface area contributed by atoms with Crippen molar-refractivity contribution in [2.75, 3.05) is 5.75 Å². The van der Waals surface area contributed by atoms with Crippen molar-refractivity contribution >= 4 is 10.1 Å². The summed E-state index contributed by atoms with van der Waals surface area (Å²) in [5, 5.41) is 0. The van der Waals surface area contributed by atoms with Crippen LogP contribution in [0.2, 0.25) is 0 Å². The lowest BCUT2D eigenvalue weighted by Crippen LogP contribution is -2.11. The summed E-state index contributed by atoms with van der Waals surface area (Å²) in [5.74, 6) is -1.48. The van der Waals surface area contributed by atoms with E-state index in [0.29, 0.717) is 0 Å². The van der Waals surface area contributed by atoms with E-state index in [1.54, 1.807) is 0 Å². The van der Waals surface area contributed by atoms with E-state index in [1.165, 1.54) is 0 Å². The number of halogens is 3. The summed E-state index contributed by atoms with van der Waals surface area (Å²) in [5.41, 5.74) is 0. The van der Waals surface area contributed by atoms with Crippen LogP contribution >= 0.6 is 0 Å². The summed E-state index contributed by atoms with van der Waals surface area (Å²) >= 11 is 0. The predicted octanol–water partition coefficient (Wildman–Crippen LogP) is 0.292. The van der Waals surface area contributed by atoms with Crippen molar-refractivity contribution in [2.45, 2.75) is 6.43 Å². The number of alkyl halides is 2. The molecule has 0 bridgehead atoms. The second-order valence-electron chi connectivity index (χ2n) is 1.14. The third-order valence-corrected chi connectivity index (χ3v) is 1.01. The van der Waals surface area contributed by atoms with Crippen LogP contribution in [0.1, 0.15) is 0 Å². The Morgan fingerprint density at radius 1 is 1.44 bits per heavy atom. The smallest absolute Gasteiger partial charge is 0.270 e. The second kappa shape index (κ2) is 3.67. The van der Waals surface area contributed by atoms with Crippen LogP contribution in [-0.2, 0) is 10.1 Å². The zero-order valence-electron chi connectivity index (χ0n) is 4.12. The van der Waals surface area contributed by atoms with Gasteiger partial charge in [-0.15, -0.1) is 0 Å². The van der Waals surface area contributed by atoms with Crippen molar-refractivity contribution in [1.29, 1.82) is 0 Å². The first-order valence-corrected chi connectivity index (χ1v) is 3.26. The molecule has 0 aromatic carbocycles. The topological polar surface area (TPSA) is 54.4 Å². The van der Waals surface area contributed by atoms with Gasteiger partial charge in [-0.3, -0.25) is 9.26 Å². The summed E-state index contributed by atoms with van der Waals surface area (Å²) in [6.07, 6.45) is -3.00. The molecule has 0 saturated heterocycles. The quantitative estimate of drug-likeness (QED) is 0.600. The summed E-state index contributed by atoms with van der Waals surface area (Å²) in [6.45, 7) is 0. The normalized spacial score (nSPS) is 11.1. The van der Waals surface area contributed by atoms with Crippen LogP contribution in [0.25, 0.3) is 0 Å². The molecule has 1 N–H and O–H groups in total. The number of hydrogen-bond acceptors (Lipinski definition) is 2. The molecule has 0 atom stereocenters. The van der Waals surface area contributed by atoms with Gasteiger partial charge in [-0.2, -0.15) is 8.42 Å². The van der Waals surface area contributed by atoms with Crippen LogP contribution in [0, 0.1) is 0 Å². The molecule has 0 aromatic heterocycles. The van der Waals surface area contributed by atoms with Gasteiger partial charge in [0.05, 0.1) is 0 Å². The van der Waals surface area contributed by atoms with Crippen molar-refractivity contribution in [3.8, 4) is 0 Å². The molecular formula is C2H5F3O3S. The molecule has 0 aromatic rings. The molecular weight excluding hydrogens is 161 g/mol. The van der Waals surface area contributed by atoms with E-state index in [0.717, 1.165) is 0 Å². The van der Waals surface area contributed by atoms with E-state index >= 15 is 0 Å². The minimum Gasteiger partial charge on any atom is -0.285 e. The number of hydrogen-bond donors (Lipinski definition) is 1. The lowest BCUT2D eigenvalue weighted by molar-refractivity contribution is 0.172.